The van der Waals surface area contributed by atoms with E-state index < -0.39 is 12.1 Å². The highest BCUT2D eigenvalue weighted by Crippen LogP contribution is 2.33. The van der Waals surface area contributed by atoms with E-state index in [0.717, 1.165) is 0 Å². The highest BCUT2D eigenvalue weighted by Gasteiger charge is 2.22. The number of rotatable bonds is 6. The molecule has 4 nitrogen and oxygen atoms in total. The predicted molar refractivity (Wildman–Crippen MR) is 75.7 cm³/mol. The largest absolute Gasteiger partial charge is 0.477 e. The third-order valence-corrected chi connectivity index (χ3v) is 2.98. The second-order valence-corrected chi connectivity index (χ2v) is 4.69. The monoisotopic (exact) mass is 305 g/mol. The van der Waals surface area contributed by atoms with Gasteiger partial charge in [0.15, 0.2) is 6.10 Å². The van der Waals surface area contributed by atoms with Gasteiger partial charge in [-0.3, -0.25) is 0 Å². The molecule has 0 saturated heterocycles. The summed E-state index contributed by atoms with van der Waals surface area (Å²) in [6, 6.07) is 3.22. The molecule has 0 aliphatic heterocycles. The number of ether oxygens (including phenoxy) is 2. The number of hydrogen-bond acceptors (Lipinski definition) is 4. The molecule has 0 spiro atoms. The summed E-state index contributed by atoms with van der Waals surface area (Å²) in [7, 11) is 0. The molecule has 0 fully saturated rings. The molecule has 1 aromatic rings. The van der Waals surface area contributed by atoms with E-state index in [-0.39, 0.29) is 6.54 Å². The zero-order valence-corrected chi connectivity index (χ0v) is 12.4. The van der Waals surface area contributed by atoms with Crippen LogP contribution in [0.4, 0.5) is 0 Å². The van der Waals surface area contributed by atoms with Crippen molar-refractivity contribution in [3.05, 3.63) is 27.7 Å². The summed E-state index contributed by atoms with van der Waals surface area (Å²) in [6.07, 6.45) is -0.231. The minimum atomic E-state index is -0.705. The first kappa shape index (κ1) is 16.1. The number of nitrogens with two attached hydrogens (primary N) is 1. The summed E-state index contributed by atoms with van der Waals surface area (Å²) < 4.78 is 10.6. The molecule has 0 amide bonds. The van der Waals surface area contributed by atoms with Crippen LogP contribution in [0.25, 0.3) is 0 Å². The number of halogens is 2. The van der Waals surface area contributed by atoms with E-state index in [9.17, 15) is 4.79 Å². The maximum absolute atomic E-state index is 11.7. The molecule has 1 rings (SSSR count). The van der Waals surface area contributed by atoms with Crippen molar-refractivity contribution in [2.24, 2.45) is 5.73 Å². The van der Waals surface area contributed by atoms with Crippen molar-refractivity contribution in [2.45, 2.75) is 32.9 Å². The Bertz CT molecular complexity index is 452. The molecule has 1 atom stereocenters. The maximum atomic E-state index is 11.7. The summed E-state index contributed by atoms with van der Waals surface area (Å²) >= 11 is 12.0. The standard InChI is InChI=1S/C13H17Cl2NO3/c1-3-11(13(17)18-4-2)19-12-8(7-16)5-9(14)6-10(12)15/h5-6,11H,3-4,7,16H2,1-2H3. The molecular formula is C13H17Cl2NO3. The van der Waals surface area contributed by atoms with Crippen LogP contribution in [0.3, 0.4) is 0 Å². The van der Waals surface area contributed by atoms with Gasteiger partial charge in [-0.05, 0) is 25.5 Å². The molecule has 1 unspecified atom stereocenters. The number of hydrogen-bond donors (Lipinski definition) is 1. The number of carbonyl (C=O) groups is 1. The minimum absolute atomic E-state index is 0.217. The smallest absolute Gasteiger partial charge is 0.347 e. The van der Waals surface area contributed by atoms with Gasteiger partial charge in [0.2, 0.25) is 0 Å². The third-order valence-electron chi connectivity index (χ3n) is 2.49. The average molecular weight is 306 g/mol. The Labute approximate surface area is 122 Å². The summed E-state index contributed by atoms with van der Waals surface area (Å²) in [6.45, 7) is 4.09. The fourth-order valence-electron chi connectivity index (χ4n) is 1.57. The molecule has 0 aromatic heterocycles. The number of benzene rings is 1. The van der Waals surface area contributed by atoms with E-state index in [1.54, 1.807) is 19.1 Å². The summed E-state index contributed by atoms with van der Waals surface area (Å²) in [5.41, 5.74) is 6.28. The molecule has 0 radical (unpaired) electrons. The average Bonchev–Trinajstić information content (AvgIpc) is 2.37. The summed E-state index contributed by atoms with van der Waals surface area (Å²) in [5.74, 6) is -0.0348. The van der Waals surface area contributed by atoms with Crippen LogP contribution in [-0.4, -0.2) is 18.7 Å². The van der Waals surface area contributed by atoms with Gasteiger partial charge in [0.05, 0.1) is 11.6 Å². The van der Waals surface area contributed by atoms with E-state index in [1.165, 1.54) is 0 Å². The van der Waals surface area contributed by atoms with Crippen LogP contribution in [0.1, 0.15) is 25.8 Å². The Hall–Kier alpha value is -0.970. The second-order valence-electron chi connectivity index (χ2n) is 3.85. The van der Waals surface area contributed by atoms with Crippen LogP contribution >= 0.6 is 23.2 Å². The van der Waals surface area contributed by atoms with Crippen LogP contribution in [0, 0.1) is 0 Å². The Kier molecular flexibility index (Phi) is 6.42. The quantitative estimate of drug-likeness (QED) is 0.820. The first-order chi connectivity index (χ1) is 9.03. The number of esters is 1. The van der Waals surface area contributed by atoms with E-state index in [2.05, 4.69) is 0 Å². The van der Waals surface area contributed by atoms with Crippen LogP contribution in [-0.2, 0) is 16.1 Å². The predicted octanol–water partition coefficient (Wildman–Crippen LogP) is 3.17. The van der Waals surface area contributed by atoms with Crippen molar-refractivity contribution in [1.82, 2.24) is 0 Å². The molecule has 106 valence electrons. The lowest BCUT2D eigenvalue weighted by atomic mass is 10.2. The van der Waals surface area contributed by atoms with E-state index in [1.807, 2.05) is 6.92 Å². The van der Waals surface area contributed by atoms with Crippen LogP contribution < -0.4 is 10.5 Å². The fraction of sp³-hybridized carbons (Fsp3) is 0.462. The molecule has 0 heterocycles. The first-order valence-corrected chi connectivity index (χ1v) is 6.80. The van der Waals surface area contributed by atoms with Gasteiger partial charge in [0.25, 0.3) is 0 Å². The second kappa shape index (κ2) is 7.58. The molecule has 1 aromatic carbocycles. The topological polar surface area (TPSA) is 61.5 Å². The van der Waals surface area contributed by atoms with E-state index in [4.69, 9.17) is 38.4 Å². The van der Waals surface area contributed by atoms with Crippen molar-refractivity contribution in [1.29, 1.82) is 0 Å². The minimum Gasteiger partial charge on any atom is -0.477 e. The van der Waals surface area contributed by atoms with Crippen molar-refractivity contribution in [2.75, 3.05) is 6.61 Å². The lowest BCUT2D eigenvalue weighted by molar-refractivity contribution is -0.151. The molecular weight excluding hydrogens is 289 g/mol. The first-order valence-electron chi connectivity index (χ1n) is 6.04. The Morgan fingerprint density at radius 1 is 1.37 bits per heavy atom. The Morgan fingerprint density at radius 3 is 2.58 bits per heavy atom. The van der Waals surface area contributed by atoms with Crippen molar-refractivity contribution in [3.8, 4) is 5.75 Å². The Balaban J connectivity index is 2.99. The van der Waals surface area contributed by atoms with Gasteiger partial charge in [-0.2, -0.15) is 0 Å². The van der Waals surface area contributed by atoms with Gasteiger partial charge in [-0.15, -0.1) is 0 Å². The lowest BCUT2D eigenvalue weighted by Crippen LogP contribution is -2.29. The van der Waals surface area contributed by atoms with Crippen LogP contribution in [0.2, 0.25) is 10.0 Å². The zero-order valence-electron chi connectivity index (χ0n) is 10.9. The van der Waals surface area contributed by atoms with Gasteiger partial charge in [-0.1, -0.05) is 30.1 Å². The fourth-order valence-corrected chi connectivity index (χ4v) is 2.15. The lowest BCUT2D eigenvalue weighted by Gasteiger charge is -2.19. The van der Waals surface area contributed by atoms with Crippen molar-refractivity contribution >= 4 is 29.2 Å². The maximum Gasteiger partial charge on any atom is 0.347 e. The highest BCUT2D eigenvalue weighted by atomic mass is 35.5. The van der Waals surface area contributed by atoms with Crippen molar-refractivity contribution in [3.63, 3.8) is 0 Å². The zero-order chi connectivity index (χ0) is 14.4. The van der Waals surface area contributed by atoms with Gasteiger partial charge >= 0.3 is 5.97 Å². The normalized spacial score (nSPS) is 12.1. The molecule has 19 heavy (non-hydrogen) atoms. The number of carbonyl (C=O) groups excluding carboxylic acids is 1. The van der Waals surface area contributed by atoms with E-state index in [0.29, 0.717) is 34.4 Å². The molecule has 6 heteroatoms. The van der Waals surface area contributed by atoms with Gasteiger partial charge in [0, 0.05) is 17.1 Å². The molecule has 0 aliphatic rings. The van der Waals surface area contributed by atoms with Crippen LogP contribution in [0.5, 0.6) is 5.75 Å². The molecule has 0 bridgehead atoms. The molecule has 0 saturated carbocycles. The Morgan fingerprint density at radius 2 is 2.05 bits per heavy atom. The highest BCUT2D eigenvalue weighted by molar-refractivity contribution is 6.35. The van der Waals surface area contributed by atoms with Crippen LogP contribution in [0.15, 0.2) is 12.1 Å². The van der Waals surface area contributed by atoms with E-state index >= 15 is 0 Å². The van der Waals surface area contributed by atoms with Gasteiger partial charge in [0.1, 0.15) is 5.75 Å². The summed E-state index contributed by atoms with van der Waals surface area (Å²) in [5, 5.41) is 0.803. The SMILES string of the molecule is CCOC(=O)C(CC)Oc1c(Cl)cc(Cl)cc1CN. The third kappa shape index (κ3) is 4.27. The molecule has 0 aliphatic carbocycles. The van der Waals surface area contributed by atoms with Crippen molar-refractivity contribution < 1.29 is 14.3 Å². The van der Waals surface area contributed by atoms with Gasteiger partial charge in [-0.25, -0.2) is 4.79 Å². The molecule has 2 N–H and O–H groups in total. The van der Waals surface area contributed by atoms with Gasteiger partial charge < -0.3 is 15.2 Å². The summed E-state index contributed by atoms with van der Waals surface area (Å²) in [4.78, 5) is 11.7.